The van der Waals surface area contributed by atoms with Crippen LogP contribution in [0.25, 0.3) is 0 Å². The largest absolute Gasteiger partial charge is 0.544 e. The number of aliphatic carboxylic acids is 1. The van der Waals surface area contributed by atoms with E-state index < -0.39 is 12.0 Å². The number of carbonyl (C=O) groups excluding carboxylic acids is 2. The topological polar surface area (TPSA) is 99.5 Å². The van der Waals surface area contributed by atoms with Crippen molar-refractivity contribution in [1.29, 1.82) is 0 Å². The first-order valence-corrected chi connectivity index (χ1v) is 9.40. The molecule has 28 heavy (non-hydrogen) atoms. The number of hydrogen-bond acceptors (Lipinski definition) is 4. The number of para-hydroxylation sites is 1. The van der Waals surface area contributed by atoms with Crippen LogP contribution in [0.5, 0.6) is 11.5 Å². The molecular formula is C21H28N3O4+. The van der Waals surface area contributed by atoms with E-state index in [0.29, 0.717) is 18.0 Å². The highest BCUT2D eigenvalue weighted by atomic mass is 16.5. The molecule has 0 bridgehead atoms. The van der Waals surface area contributed by atoms with Gasteiger partial charge in [-0.25, -0.2) is 0 Å². The molecule has 7 heteroatoms. The van der Waals surface area contributed by atoms with E-state index in [2.05, 4.69) is 5.32 Å². The monoisotopic (exact) mass is 386 g/mol. The number of ether oxygens (including phenoxy) is 1. The molecule has 1 atom stereocenters. The van der Waals surface area contributed by atoms with Crippen LogP contribution in [0.3, 0.4) is 0 Å². The zero-order valence-corrected chi connectivity index (χ0v) is 16.3. The summed E-state index contributed by atoms with van der Waals surface area (Å²) >= 11 is 0. The molecule has 2 aromatic rings. The summed E-state index contributed by atoms with van der Waals surface area (Å²) in [6, 6.07) is 15.4. The SMILES string of the molecule is C[NH+](C)CCC[NH2+][C@H](CC(=O)Nc1ccc(Oc2ccccc2)cc1)C(=O)[O-]. The minimum atomic E-state index is -1.22. The second-order valence-electron chi connectivity index (χ2n) is 6.95. The Morgan fingerprint density at radius 1 is 1.07 bits per heavy atom. The molecule has 0 saturated heterocycles. The number of benzene rings is 2. The van der Waals surface area contributed by atoms with E-state index in [1.807, 2.05) is 44.4 Å². The van der Waals surface area contributed by atoms with Crippen molar-refractivity contribution in [2.24, 2.45) is 0 Å². The molecule has 0 radical (unpaired) electrons. The van der Waals surface area contributed by atoms with Crippen molar-refractivity contribution in [2.75, 3.05) is 32.5 Å². The normalized spacial score (nSPS) is 11.8. The van der Waals surface area contributed by atoms with E-state index in [0.717, 1.165) is 18.7 Å². The van der Waals surface area contributed by atoms with Crippen molar-refractivity contribution in [2.45, 2.75) is 18.9 Å². The number of nitrogens with two attached hydrogens (primary N) is 1. The van der Waals surface area contributed by atoms with Crippen LogP contribution in [0, 0.1) is 0 Å². The maximum atomic E-state index is 12.2. The summed E-state index contributed by atoms with van der Waals surface area (Å²) in [6.45, 7) is 1.59. The summed E-state index contributed by atoms with van der Waals surface area (Å²) in [5.41, 5.74) is 0.582. The quantitative estimate of drug-likeness (QED) is 0.433. The molecule has 0 aliphatic heterocycles. The van der Waals surface area contributed by atoms with Crippen molar-refractivity contribution >= 4 is 17.6 Å². The van der Waals surface area contributed by atoms with Gasteiger partial charge in [-0.3, -0.25) is 4.79 Å². The first-order valence-electron chi connectivity index (χ1n) is 9.40. The Morgan fingerprint density at radius 3 is 2.32 bits per heavy atom. The lowest BCUT2D eigenvalue weighted by atomic mass is 10.2. The van der Waals surface area contributed by atoms with Crippen molar-refractivity contribution in [3.63, 3.8) is 0 Å². The second-order valence-corrected chi connectivity index (χ2v) is 6.95. The highest BCUT2D eigenvalue weighted by Gasteiger charge is 2.18. The van der Waals surface area contributed by atoms with Crippen molar-refractivity contribution in [1.82, 2.24) is 0 Å². The molecule has 7 nitrogen and oxygen atoms in total. The maximum Gasteiger partial charge on any atom is 0.230 e. The van der Waals surface area contributed by atoms with Gasteiger partial charge in [-0.15, -0.1) is 0 Å². The third kappa shape index (κ3) is 7.77. The van der Waals surface area contributed by atoms with Gasteiger partial charge in [0, 0.05) is 12.1 Å². The van der Waals surface area contributed by atoms with Gasteiger partial charge in [0.25, 0.3) is 0 Å². The molecule has 0 aliphatic carbocycles. The number of nitrogens with one attached hydrogen (secondary N) is 2. The molecule has 0 unspecified atom stereocenters. The molecule has 0 heterocycles. The van der Waals surface area contributed by atoms with Gasteiger partial charge in [-0.05, 0) is 36.4 Å². The molecule has 2 rings (SSSR count). The van der Waals surface area contributed by atoms with E-state index in [4.69, 9.17) is 4.74 Å². The van der Waals surface area contributed by atoms with E-state index in [1.165, 1.54) is 4.90 Å². The van der Waals surface area contributed by atoms with Gasteiger partial charge in [-0.2, -0.15) is 0 Å². The van der Waals surface area contributed by atoms with Gasteiger partial charge >= 0.3 is 0 Å². The zero-order valence-electron chi connectivity index (χ0n) is 16.3. The van der Waals surface area contributed by atoms with Crippen LogP contribution < -0.4 is 25.4 Å². The Hall–Kier alpha value is -2.90. The Kier molecular flexibility index (Phi) is 8.45. The summed E-state index contributed by atoms with van der Waals surface area (Å²) in [5, 5.41) is 15.7. The molecule has 2 aromatic carbocycles. The fourth-order valence-electron chi connectivity index (χ4n) is 2.68. The first kappa shape index (κ1) is 21.4. The molecule has 0 saturated carbocycles. The maximum absolute atomic E-state index is 12.2. The highest BCUT2D eigenvalue weighted by molar-refractivity contribution is 5.93. The average Bonchev–Trinajstić information content (AvgIpc) is 2.66. The number of hydrogen-bond donors (Lipinski definition) is 3. The van der Waals surface area contributed by atoms with Crippen LogP contribution in [-0.4, -0.2) is 45.1 Å². The van der Waals surface area contributed by atoms with Gasteiger partial charge in [0.1, 0.15) is 17.5 Å². The van der Waals surface area contributed by atoms with E-state index in [1.54, 1.807) is 29.6 Å². The standard InChI is InChI=1S/C21H27N3O4/c1-24(2)14-6-13-22-19(21(26)27)15-20(25)23-16-9-11-18(12-10-16)28-17-7-4-3-5-8-17/h3-5,7-12,19,22H,6,13-15H2,1-2H3,(H,23,25)(H,26,27)/p+1/t19-/m1/s1. The van der Waals surface area contributed by atoms with Crippen molar-refractivity contribution < 1.29 is 29.6 Å². The van der Waals surface area contributed by atoms with Crippen LogP contribution in [-0.2, 0) is 9.59 Å². The fraction of sp³-hybridized carbons (Fsp3) is 0.333. The van der Waals surface area contributed by atoms with Gasteiger partial charge in [0.05, 0.1) is 39.6 Å². The Labute approximate surface area is 165 Å². The predicted octanol–water partition coefficient (Wildman–Crippen LogP) is -0.976. The highest BCUT2D eigenvalue weighted by Crippen LogP contribution is 2.22. The first-order chi connectivity index (χ1) is 13.4. The third-order valence-electron chi connectivity index (χ3n) is 4.16. The summed E-state index contributed by atoms with van der Waals surface area (Å²) in [6.07, 6.45) is 0.732. The number of rotatable bonds is 11. The van der Waals surface area contributed by atoms with Gasteiger partial charge in [0.2, 0.25) is 5.91 Å². The summed E-state index contributed by atoms with van der Waals surface area (Å²) in [4.78, 5) is 24.8. The average molecular weight is 386 g/mol. The molecule has 150 valence electrons. The number of amides is 1. The minimum absolute atomic E-state index is 0.139. The predicted molar refractivity (Wildman–Crippen MR) is 104 cm³/mol. The zero-order chi connectivity index (χ0) is 20.4. The second kappa shape index (κ2) is 11.1. The van der Waals surface area contributed by atoms with Gasteiger partial charge in [0.15, 0.2) is 0 Å². The Balaban J connectivity index is 1.82. The van der Waals surface area contributed by atoms with E-state index in [-0.39, 0.29) is 12.3 Å². The Morgan fingerprint density at radius 2 is 1.71 bits per heavy atom. The molecule has 1 amide bonds. The number of carboxylic acid groups (broad SMARTS) is 1. The number of anilines is 1. The summed E-state index contributed by atoms with van der Waals surface area (Å²) in [5.74, 6) is -0.213. The van der Waals surface area contributed by atoms with Crippen molar-refractivity contribution in [3.8, 4) is 11.5 Å². The van der Waals surface area contributed by atoms with Crippen LogP contribution in [0.1, 0.15) is 12.8 Å². The van der Waals surface area contributed by atoms with Crippen LogP contribution in [0.15, 0.2) is 54.6 Å². The van der Waals surface area contributed by atoms with Crippen molar-refractivity contribution in [3.05, 3.63) is 54.6 Å². The van der Waals surface area contributed by atoms with E-state index in [9.17, 15) is 14.7 Å². The fourth-order valence-corrected chi connectivity index (χ4v) is 2.68. The van der Waals surface area contributed by atoms with Gasteiger partial charge < -0.3 is 30.2 Å². The lowest BCUT2D eigenvalue weighted by Crippen LogP contribution is -3.06. The third-order valence-corrected chi connectivity index (χ3v) is 4.16. The Bertz CT molecular complexity index is 748. The van der Waals surface area contributed by atoms with Crippen LogP contribution in [0.2, 0.25) is 0 Å². The molecule has 4 N–H and O–H groups in total. The molecular weight excluding hydrogens is 358 g/mol. The number of carbonyl (C=O) groups is 2. The van der Waals surface area contributed by atoms with Crippen LogP contribution >= 0.6 is 0 Å². The van der Waals surface area contributed by atoms with Gasteiger partial charge in [-0.1, -0.05) is 18.2 Å². The van der Waals surface area contributed by atoms with E-state index >= 15 is 0 Å². The molecule has 0 spiro atoms. The minimum Gasteiger partial charge on any atom is -0.544 e. The molecule has 0 aromatic heterocycles. The smallest absolute Gasteiger partial charge is 0.230 e. The molecule has 0 fully saturated rings. The number of carboxylic acids is 1. The summed E-state index contributed by atoms with van der Waals surface area (Å²) < 4.78 is 5.70. The van der Waals surface area contributed by atoms with Crippen LogP contribution in [0.4, 0.5) is 5.69 Å². The lowest BCUT2D eigenvalue weighted by Gasteiger charge is -2.16. The lowest BCUT2D eigenvalue weighted by molar-refractivity contribution is -0.860. The number of quaternary nitrogens is 2. The molecule has 0 aliphatic rings. The summed E-state index contributed by atoms with van der Waals surface area (Å²) in [7, 11) is 4.08.